The molecule has 1 aromatic rings. The molecule has 108 valence electrons. The molecular weight excluding hydrogens is 236 g/mol. The lowest BCUT2D eigenvalue weighted by Gasteiger charge is -2.36. The molecule has 0 radical (unpaired) electrons. The van der Waals surface area contributed by atoms with Crippen molar-refractivity contribution in [2.24, 2.45) is 5.92 Å². The Balaban J connectivity index is 1.83. The minimum Gasteiger partial charge on any atom is -0.468 e. The molecule has 19 heavy (non-hydrogen) atoms. The van der Waals surface area contributed by atoms with E-state index in [2.05, 4.69) is 37.1 Å². The molecule has 1 aromatic heterocycles. The van der Waals surface area contributed by atoms with Gasteiger partial charge in [0.25, 0.3) is 0 Å². The van der Waals surface area contributed by atoms with Crippen LogP contribution in [0.15, 0.2) is 22.8 Å². The van der Waals surface area contributed by atoms with E-state index in [4.69, 9.17) is 4.42 Å². The third-order valence-electron chi connectivity index (χ3n) is 4.27. The van der Waals surface area contributed by atoms with Crippen LogP contribution < -0.4 is 5.32 Å². The molecule has 0 saturated carbocycles. The van der Waals surface area contributed by atoms with Crippen molar-refractivity contribution < 1.29 is 4.42 Å². The molecule has 0 spiro atoms. The van der Waals surface area contributed by atoms with E-state index < -0.39 is 0 Å². The second-order valence-electron chi connectivity index (χ2n) is 5.90. The molecule has 3 nitrogen and oxygen atoms in total. The molecule has 0 amide bonds. The summed E-state index contributed by atoms with van der Waals surface area (Å²) in [4.78, 5) is 2.61. The second-order valence-corrected chi connectivity index (χ2v) is 5.90. The number of hydrogen-bond acceptors (Lipinski definition) is 3. The SMILES string of the molecule is CCCN1CCCC(C(C)N[C@H](C)c2ccco2)C1. The second kappa shape index (κ2) is 7.11. The number of nitrogens with zero attached hydrogens (tertiary/aromatic N) is 1. The highest BCUT2D eigenvalue weighted by molar-refractivity contribution is 5.03. The molecule has 0 bridgehead atoms. The molecule has 2 rings (SSSR count). The summed E-state index contributed by atoms with van der Waals surface area (Å²) >= 11 is 0. The van der Waals surface area contributed by atoms with E-state index in [1.807, 2.05) is 6.07 Å². The molecule has 0 aliphatic carbocycles. The summed E-state index contributed by atoms with van der Waals surface area (Å²) in [5.41, 5.74) is 0. The van der Waals surface area contributed by atoms with Crippen LogP contribution in [-0.4, -0.2) is 30.6 Å². The van der Waals surface area contributed by atoms with Crippen molar-refractivity contribution in [3.8, 4) is 0 Å². The predicted molar refractivity (Wildman–Crippen MR) is 79.2 cm³/mol. The molecule has 2 heterocycles. The van der Waals surface area contributed by atoms with E-state index in [1.54, 1.807) is 6.26 Å². The van der Waals surface area contributed by atoms with E-state index in [-0.39, 0.29) is 0 Å². The summed E-state index contributed by atoms with van der Waals surface area (Å²) in [6.45, 7) is 10.5. The maximum absolute atomic E-state index is 5.47. The minimum atomic E-state index is 0.298. The van der Waals surface area contributed by atoms with E-state index in [0.29, 0.717) is 12.1 Å². The first kappa shape index (κ1) is 14.6. The Labute approximate surface area is 117 Å². The van der Waals surface area contributed by atoms with E-state index in [0.717, 1.165) is 11.7 Å². The zero-order valence-corrected chi connectivity index (χ0v) is 12.6. The highest BCUT2D eigenvalue weighted by atomic mass is 16.3. The van der Waals surface area contributed by atoms with Gasteiger partial charge in [-0.25, -0.2) is 0 Å². The van der Waals surface area contributed by atoms with Gasteiger partial charge in [0, 0.05) is 12.6 Å². The Bertz CT molecular complexity index is 348. The summed E-state index contributed by atoms with van der Waals surface area (Å²) in [6, 6.07) is 4.85. The Morgan fingerprint density at radius 1 is 1.47 bits per heavy atom. The average molecular weight is 264 g/mol. The van der Waals surface area contributed by atoms with Crippen molar-refractivity contribution in [1.82, 2.24) is 10.2 Å². The fraction of sp³-hybridized carbons (Fsp3) is 0.750. The number of piperidine rings is 1. The van der Waals surface area contributed by atoms with Gasteiger partial charge in [0.15, 0.2) is 0 Å². The number of likely N-dealkylation sites (tertiary alicyclic amines) is 1. The average Bonchev–Trinajstić information content (AvgIpc) is 2.93. The van der Waals surface area contributed by atoms with Gasteiger partial charge in [-0.3, -0.25) is 0 Å². The standard InChI is InChI=1S/C16H28N2O/c1-4-9-18-10-5-7-15(12-18)13(2)17-14(3)16-8-6-11-19-16/h6,8,11,13-15,17H,4-5,7,9-10,12H2,1-3H3/t13?,14-,15?/m1/s1. The molecule has 1 aliphatic heterocycles. The first-order valence-electron chi connectivity index (χ1n) is 7.72. The van der Waals surface area contributed by atoms with Crippen LogP contribution in [0.5, 0.6) is 0 Å². The smallest absolute Gasteiger partial charge is 0.120 e. The highest BCUT2D eigenvalue weighted by Gasteiger charge is 2.25. The van der Waals surface area contributed by atoms with Crippen LogP contribution >= 0.6 is 0 Å². The third kappa shape index (κ3) is 4.08. The van der Waals surface area contributed by atoms with Gasteiger partial charge in [0.05, 0.1) is 12.3 Å². The zero-order valence-electron chi connectivity index (χ0n) is 12.6. The van der Waals surface area contributed by atoms with E-state index >= 15 is 0 Å². The maximum atomic E-state index is 5.47. The quantitative estimate of drug-likeness (QED) is 0.853. The Morgan fingerprint density at radius 2 is 2.32 bits per heavy atom. The number of furan rings is 1. The summed E-state index contributed by atoms with van der Waals surface area (Å²) in [7, 11) is 0. The molecule has 0 aromatic carbocycles. The molecule has 1 N–H and O–H groups in total. The minimum absolute atomic E-state index is 0.298. The summed E-state index contributed by atoms with van der Waals surface area (Å²) < 4.78 is 5.47. The van der Waals surface area contributed by atoms with Gasteiger partial charge in [0.2, 0.25) is 0 Å². The van der Waals surface area contributed by atoms with Crippen molar-refractivity contribution in [3.63, 3.8) is 0 Å². The van der Waals surface area contributed by atoms with Crippen LogP contribution in [0, 0.1) is 5.92 Å². The molecule has 1 saturated heterocycles. The van der Waals surface area contributed by atoms with Crippen molar-refractivity contribution >= 4 is 0 Å². The van der Waals surface area contributed by atoms with Crippen LogP contribution in [0.3, 0.4) is 0 Å². The predicted octanol–water partition coefficient (Wildman–Crippen LogP) is 3.44. The van der Waals surface area contributed by atoms with Gasteiger partial charge >= 0.3 is 0 Å². The summed E-state index contributed by atoms with van der Waals surface area (Å²) in [6.07, 6.45) is 5.70. The van der Waals surface area contributed by atoms with Crippen molar-refractivity contribution in [2.75, 3.05) is 19.6 Å². The molecular formula is C16H28N2O. The summed E-state index contributed by atoms with van der Waals surface area (Å²) in [5, 5.41) is 3.69. The van der Waals surface area contributed by atoms with Crippen molar-refractivity contribution in [3.05, 3.63) is 24.2 Å². The van der Waals surface area contributed by atoms with Gasteiger partial charge < -0.3 is 14.6 Å². The highest BCUT2D eigenvalue weighted by Crippen LogP contribution is 2.22. The lowest BCUT2D eigenvalue weighted by molar-refractivity contribution is 0.146. The van der Waals surface area contributed by atoms with Gasteiger partial charge in [-0.05, 0) is 64.3 Å². The van der Waals surface area contributed by atoms with Crippen LogP contribution in [-0.2, 0) is 0 Å². The molecule has 2 unspecified atom stereocenters. The molecule has 3 atom stereocenters. The number of nitrogens with one attached hydrogen (secondary N) is 1. The van der Waals surface area contributed by atoms with Crippen LogP contribution in [0.4, 0.5) is 0 Å². The lowest BCUT2D eigenvalue weighted by Crippen LogP contribution is -2.45. The maximum Gasteiger partial charge on any atom is 0.120 e. The van der Waals surface area contributed by atoms with Gasteiger partial charge in [-0.2, -0.15) is 0 Å². The van der Waals surface area contributed by atoms with Gasteiger partial charge in [0.1, 0.15) is 5.76 Å². The number of hydrogen-bond donors (Lipinski definition) is 1. The normalized spacial score (nSPS) is 24.3. The van der Waals surface area contributed by atoms with Crippen LogP contribution in [0.2, 0.25) is 0 Å². The zero-order chi connectivity index (χ0) is 13.7. The molecule has 1 aliphatic rings. The number of rotatable bonds is 6. The van der Waals surface area contributed by atoms with E-state index in [9.17, 15) is 0 Å². The van der Waals surface area contributed by atoms with Gasteiger partial charge in [-0.15, -0.1) is 0 Å². The lowest BCUT2D eigenvalue weighted by atomic mass is 9.91. The van der Waals surface area contributed by atoms with Crippen LogP contribution in [0.25, 0.3) is 0 Å². The van der Waals surface area contributed by atoms with Crippen molar-refractivity contribution in [2.45, 2.75) is 52.1 Å². The fourth-order valence-corrected chi connectivity index (χ4v) is 3.17. The Kier molecular flexibility index (Phi) is 5.46. The first-order valence-corrected chi connectivity index (χ1v) is 7.72. The third-order valence-corrected chi connectivity index (χ3v) is 4.27. The van der Waals surface area contributed by atoms with Crippen molar-refractivity contribution in [1.29, 1.82) is 0 Å². The Hall–Kier alpha value is -0.800. The van der Waals surface area contributed by atoms with Gasteiger partial charge in [-0.1, -0.05) is 6.92 Å². The fourth-order valence-electron chi connectivity index (χ4n) is 3.17. The largest absolute Gasteiger partial charge is 0.468 e. The topological polar surface area (TPSA) is 28.4 Å². The monoisotopic (exact) mass is 264 g/mol. The Morgan fingerprint density at radius 3 is 3.00 bits per heavy atom. The first-order chi connectivity index (χ1) is 9.20. The van der Waals surface area contributed by atoms with Crippen LogP contribution in [0.1, 0.15) is 51.8 Å². The van der Waals surface area contributed by atoms with E-state index in [1.165, 1.54) is 38.9 Å². The molecule has 1 fully saturated rings. The molecule has 3 heteroatoms. The summed E-state index contributed by atoms with van der Waals surface area (Å²) in [5.74, 6) is 1.80.